The van der Waals surface area contributed by atoms with Gasteiger partial charge < -0.3 is 5.32 Å². The van der Waals surface area contributed by atoms with E-state index in [0.29, 0.717) is 10.6 Å². The van der Waals surface area contributed by atoms with Crippen molar-refractivity contribution in [1.82, 2.24) is 10.2 Å². The van der Waals surface area contributed by atoms with Crippen LogP contribution in [-0.4, -0.2) is 31.1 Å². The largest absolute Gasteiger partial charge is 0.416 e. The fourth-order valence-corrected chi connectivity index (χ4v) is 3.35. The van der Waals surface area contributed by atoms with Crippen LogP contribution in [0.15, 0.2) is 48.5 Å². The molecule has 0 aromatic heterocycles. The summed E-state index contributed by atoms with van der Waals surface area (Å²) in [5, 5.41) is 3.84. The Morgan fingerprint density at radius 2 is 1.71 bits per heavy atom. The Morgan fingerprint density at radius 1 is 1.00 bits per heavy atom. The van der Waals surface area contributed by atoms with Crippen molar-refractivity contribution in [1.29, 1.82) is 0 Å². The van der Waals surface area contributed by atoms with Crippen LogP contribution in [-0.2, 0) is 6.18 Å². The van der Waals surface area contributed by atoms with Crippen molar-refractivity contribution >= 4 is 11.6 Å². The number of nitrogens with one attached hydrogen (secondary N) is 1. The van der Waals surface area contributed by atoms with Crippen molar-refractivity contribution in [3.63, 3.8) is 0 Å². The highest BCUT2D eigenvalue weighted by molar-refractivity contribution is 6.31. The maximum absolute atomic E-state index is 13.1. The predicted octanol–water partition coefficient (Wildman–Crippen LogP) is 4.35. The lowest BCUT2D eigenvalue weighted by Crippen LogP contribution is -2.45. The number of nitrogens with zero attached hydrogens (tertiary/aromatic N) is 1. The summed E-state index contributed by atoms with van der Waals surface area (Å²) in [7, 11) is 0. The summed E-state index contributed by atoms with van der Waals surface area (Å²) < 4.78 is 39.3. The van der Waals surface area contributed by atoms with E-state index in [1.165, 1.54) is 12.1 Å². The first-order chi connectivity index (χ1) is 11.5. The molecule has 128 valence electrons. The van der Waals surface area contributed by atoms with Crippen LogP contribution in [0.1, 0.15) is 22.7 Å². The van der Waals surface area contributed by atoms with Gasteiger partial charge in [0.2, 0.25) is 0 Å². The third-order valence-electron chi connectivity index (χ3n) is 4.25. The first kappa shape index (κ1) is 17.3. The van der Waals surface area contributed by atoms with Crippen LogP contribution in [0.2, 0.25) is 5.02 Å². The standard InChI is InChI=1S/C18H18ClF3N2/c19-16-7-2-1-6-15(16)17(24-10-8-23-9-11-24)13-4-3-5-14(12-13)18(20,21)22/h1-7,12,17,23H,8-11H2. The molecule has 0 saturated carbocycles. The zero-order valence-corrected chi connectivity index (χ0v) is 13.7. The number of rotatable bonds is 3. The maximum Gasteiger partial charge on any atom is 0.416 e. The Kier molecular flexibility index (Phi) is 5.13. The minimum Gasteiger partial charge on any atom is -0.314 e. The Morgan fingerprint density at radius 3 is 2.38 bits per heavy atom. The fraction of sp³-hybridized carbons (Fsp3) is 0.333. The minimum absolute atomic E-state index is 0.289. The Hall–Kier alpha value is -1.56. The summed E-state index contributed by atoms with van der Waals surface area (Å²) in [5.74, 6) is 0. The molecule has 1 unspecified atom stereocenters. The van der Waals surface area contributed by atoms with Crippen LogP contribution < -0.4 is 5.32 Å². The van der Waals surface area contributed by atoms with Gasteiger partial charge in [0.1, 0.15) is 0 Å². The summed E-state index contributed by atoms with van der Waals surface area (Å²) in [4.78, 5) is 2.17. The topological polar surface area (TPSA) is 15.3 Å². The van der Waals surface area contributed by atoms with Gasteiger partial charge in [0.15, 0.2) is 0 Å². The number of hydrogen-bond donors (Lipinski definition) is 1. The van der Waals surface area contributed by atoms with Gasteiger partial charge in [0, 0.05) is 31.2 Å². The summed E-state index contributed by atoms with van der Waals surface area (Å²) in [6.45, 7) is 3.12. The Balaban J connectivity index is 2.06. The van der Waals surface area contributed by atoms with Crippen LogP contribution in [0.5, 0.6) is 0 Å². The van der Waals surface area contributed by atoms with Gasteiger partial charge in [-0.3, -0.25) is 4.90 Å². The zero-order valence-electron chi connectivity index (χ0n) is 13.0. The van der Waals surface area contributed by atoms with Crippen molar-refractivity contribution in [3.8, 4) is 0 Å². The van der Waals surface area contributed by atoms with Crippen LogP contribution in [0.25, 0.3) is 0 Å². The monoisotopic (exact) mass is 354 g/mol. The molecule has 1 fully saturated rings. The van der Waals surface area contributed by atoms with E-state index in [1.54, 1.807) is 12.1 Å². The molecule has 24 heavy (non-hydrogen) atoms. The van der Waals surface area contributed by atoms with Gasteiger partial charge in [-0.1, -0.05) is 41.9 Å². The molecule has 1 heterocycles. The number of benzene rings is 2. The van der Waals surface area contributed by atoms with Crippen LogP contribution >= 0.6 is 11.6 Å². The second-order valence-corrected chi connectivity index (χ2v) is 6.24. The first-order valence-electron chi connectivity index (χ1n) is 7.83. The van der Waals surface area contributed by atoms with E-state index < -0.39 is 11.7 Å². The first-order valence-corrected chi connectivity index (χ1v) is 8.21. The van der Waals surface area contributed by atoms with E-state index in [1.807, 2.05) is 18.2 Å². The normalized spacial score (nSPS) is 17.7. The highest BCUT2D eigenvalue weighted by atomic mass is 35.5. The van der Waals surface area contributed by atoms with Gasteiger partial charge in [0.05, 0.1) is 11.6 Å². The molecule has 1 saturated heterocycles. The van der Waals surface area contributed by atoms with E-state index >= 15 is 0 Å². The molecule has 1 aliphatic rings. The van der Waals surface area contributed by atoms with Gasteiger partial charge in [0.25, 0.3) is 0 Å². The second kappa shape index (κ2) is 7.13. The van der Waals surface area contributed by atoms with Gasteiger partial charge >= 0.3 is 6.18 Å². The summed E-state index contributed by atoms with van der Waals surface area (Å²) in [6.07, 6.45) is -4.36. The van der Waals surface area contributed by atoms with E-state index in [4.69, 9.17) is 11.6 Å². The molecule has 0 amide bonds. The third kappa shape index (κ3) is 3.74. The van der Waals surface area contributed by atoms with Crippen molar-refractivity contribution < 1.29 is 13.2 Å². The van der Waals surface area contributed by atoms with Crippen molar-refractivity contribution in [3.05, 3.63) is 70.2 Å². The van der Waals surface area contributed by atoms with Gasteiger partial charge in [-0.2, -0.15) is 13.2 Å². The van der Waals surface area contributed by atoms with Gasteiger partial charge in [-0.25, -0.2) is 0 Å². The molecule has 1 atom stereocenters. The molecular formula is C18H18ClF3N2. The molecule has 3 rings (SSSR count). The maximum atomic E-state index is 13.1. The minimum atomic E-state index is -4.36. The van der Waals surface area contributed by atoms with Crippen molar-refractivity contribution in [2.45, 2.75) is 12.2 Å². The number of halogens is 4. The molecule has 0 radical (unpaired) electrons. The van der Waals surface area contributed by atoms with E-state index in [-0.39, 0.29) is 6.04 Å². The molecule has 6 heteroatoms. The molecule has 1 aliphatic heterocycles. The number of hydrogen-bond acceptors (Lipinski definition) is 2. The molecule has 0 spiro atoms. The fourth-order valence-electron chi connectivity index (χ4n) is 3.11. The molecule has 2 aromatic rings. The third-order valence-corrected chi connectivity index (χ3v) is 4.59. The van der Waals surface area contributed by atoms with Gasteiger partial charge in [-0.15, -0.1) is 0 Å². The molecular weight excluding hydrogens is 337 g/mol. The lowest BCUT2D eigenvalue weighted by Gasteiger charge is -2.36. The van der Waals surface area contributed by atoms with E-state index in [0.717, 1.165) is 37.8 Å². The van der Waals surface area contributed by atoms with Crippen molar-refractivity contribution in [2.75, 3.05) is 26.2 Å². The highest BCUT2D eigenvalue weighted by Crippen LogP contribution is 2.36. The van der Waals surface area contributed by atoms with Crippen LogP contribution in [0, 0.1) is 0 Å². The lowest BCUT2D eigenvalue weighted by molar-refractivity contribution is -0.137. The lowest BCUT2D eigenvalue weighted by atomic mass is 9.95. The van der Waals surface area contributed by atoms with E-state index in [2.05, 4.69) is 10.2 Å². The second-order valence-electron chi connectivity index (χ2n) is 5.83. The Labute approximate surface area is 144 Å². The highest BCUT2D eigenvalue weighted by Gasteiger charge is 2.32. The molecule has 2 nitrogen and oxygen atoms in total. The summed E-state index contributed by atoms with van der Waals surface area (Å²) in [6, 6.07) is 12.6. The van der Waals surface area contributed by atoms with Crippen LogP contribution in [0.4, 0.5) is 13.2 Å². The van der Waals surface area contributed by atoms with Crippen molar-refractivity contribution in [2.24, 2.45) is 0 Å². The van der Waals surface area contributed by atoms with Gasteiger partial charge in [-0.05, 0) is 29.3 Å². The Bertz CT molecular complexity index is 697. The molecule has 2 aromatic carbocycles. The quantitative estimate of drug-likeness (QED) is 0.881. The molecule has 0 aliphatic carbocycles. The van der Waals surface area contributed by atoms with E-state index in [9.17, 15) is 13.2 Å². The number of alkyl halides is 3. The summed E-state index contributed by atoms with van der Waals surface area (Å²) >= 11 is 6.35. The zero-order chi connectivity index (χ0) is 17.2. The summed E-state index contributed by atoms with van der Waals surface area (Å²) in [5.41, 5.74) is 0.812. The predicted molar refractivity (Wildman–Crippen MR) is 89.2 cm³/mol. The average molecular weight is 355 g/mol. The molecule has 0 bridgehead atoms. The molecule has 1 N–H and O–H groups in total. The SMILES string of the molecule is FC(F)(F)c1cccc(C(c2ccccc2Cl)N2CCNCC2)c1. The smallest absolute Gasteiger partial charge is 0.314 e. The number of piperazine rings is 1. The average Bonchev–Trinajstić information content (AvgIpc) is 2.57. The van der Waals surface area contributed by atoms with Crippen LogP contribution in [0.3, 0.4) is 0 Å².